The lowest BCUT2D eigenvalue weighted by atomic mass is 10.2. The van der Waals surface area contributed by atoms with Crippen molar-refractivity contribution in [3.8, 4) is 20.3 Å². The number of halogens is 1. The summed E-state index contributed by atoms with van der Waals surface area (Å²) >= 11 is 4.64. The van der Waals surface area contributed by atoms with E-state index >= 15 is 0 Å². The number of hydrogen-bond donors (Lipinski definition) is 2. The third kappa shape index (κ3) is 5.75. The highest BCUT2D eigenvalue weighted by Crippen LogP contribution is 2.37. The molecule has 0 aliphatic carbocycles. The Labute approximate surface area is 231 Å². The number of thiophene rings is 2. The Hall–Kier alpha value is -3.25. The monoisotopic (exact) mass is 583 g/mol. The summed E-state index contributed by atoms with van der Waals surface area (Å²) in [5, 5.41) is 2.53. The van der Waals surface area contributed by atoms with Gasteiger partial charge >= 0.3 is 0 Å². The number of benzene rings is 2. The molecule has 0 atom stereocenters. The van der Waals surface area contributed by atoms with Gasteiger partial charge in [0.1, 0.15) is 5.82 Å². The van der Waals surface area contributed by atoms with Crippen molar-refractivity contribution in [1.29, 1.82) is 0 Å². The lowest BCUT2D eigenvalue weighted by Gasteiger charge is -2.12. The Bertz CT molecular complexity index is 1760. The topological polar surface area (TPSA) is 91.9 Å². The van der Waals surface area contributed by atoms with Crippen LogP contribution in [0.3, 0.4) is 0 Å². The van der Waals surface area contributed by atoms with Crippen LogP contribution in [0.5, 0.6) is 0 Å². The van der Waals surface area contributed by atoms with Gasteiger partial charge < -0.3 is 4.98 Å². The maximum Gasteiger partial charge on any atom is 0.262 e. The standard InChI is InChI=1S/C27H22FN3O3S4/c1-16-14-18(5-12-24(16)38(33,34)31-20-8-6-19(28)7-9-20)15-36-27-29-25(17(2)26(32)30-27)23-11-10-22(37-23)21-4-3-13-35-21/h3-14,31H,15H2,1-2H3,(H,29,30,32). The van der Waals surface area contributed by atoms with Gasteiger partial charge in [0, 0.05) is 26.8 Å². The zero-order valence-corrected chi connectivity index (χ0v) is 23.6. The second-order valence-electron chi connectivity index (χ2n) is 8.49. The van der Waals surface area contributed by atoms with Crippen LogP contribution in [-0.2, 0) is 15.8 Å². The number of anilines is 1. The number of nitrogens with one attached hydrogen (secondary N) is 2. The molecule has 0 aliphatic rings. The summed E-state index contributed by atoms with van der Waals surface area (Å²) in [5.41, 5.74) is 2.77. The molecule has 3 aromatic heterocycles. The van der Waals surface area contributed by atoms with E-state index in [1.807, 2.05) is 23.6 Å². The normalized spacial score (nSPS) is 11.6. The predicted octanol–water partition coefficient (Wildman–Crippen LogP) is 7.08. The van der Waals surface area contributed by atoms with Crippen LogP contribution in [-0.4, -0.2) is 18.4 Å². The molecule has 5 rings (SSSR count). The van der Waals surface area contributed by atoms with Gasteiger partial charge in [0.15, 0.2) is 5.16 Å². The molecule has 0 bridgehead atoms. The summed E-state index contributed by atoms with van der Waals surface area (Å²) in [7, 11) is -3.84. The van der Waals surface area contributed by atoms with Gasteiger partial charge in [-0.25, -0.2) is 17.8 Å². The first-order chi connectivity index (χ1) is 18.2. The zero-order chi connectivity index (χ0) is 26.9. The molecule has 5 aromatic rings. The predicted molar refractivity (Wildman–Crippen MR) is 154 cm³/mol. The minimum Gasteiger partial charge on any atom is -0.301 e. The molecule has 0 saturated carbocycles. The minimum atomic E-state index is -3.84. The summed E-state index contributed by atoms with van der Waals surface area (Å²) in [6.07, 6.45) is 0. The maximum absolute atomic E-state index is 13.1. The molecule has 0 radical (unpaired) electrons. The van der Waals surface area contributed by atoms with E-state index < -0.39 is 15.8 Å². The smallest absolute Gasteiger partial charge is 0.262 e. The first-order valence-corrected chi connectivity index (χ1v) is 15.6. The number of sulfonamides is 1. The Morgan fingerprint density at radius 1 is 1.00 bits per heavy atom. The Kier molecular flexibility index (Phi) is 7.53. The van der Waals surface area contributed by atoms with Gasteiger partial charge in [0.05, 0.1) is 15.5 Å². The molecule has 0 saturated heterocycles. The van der Waals surface area contributed by atoms with Gasteiger partial charge in [-0.05, 0) is 78.9 Å². The fraction of sp³-hybridized carbons (Fsp3) is 0.111. The number of nitrogens with zero attached hydrogens (tertiary/aromatic N) is 1. The first kappa shape index (κ1) is 26.4. The van der Waals surface area contributed by atoms with Crippen LogP contribution in [0, 0.1) is 19.7 Å². The van der Waals surface area contributed by atoms with Crippen molar-refractivity contribution in [3.63, 3.8) is 0 Å². The van der Waals surface area contributed by atoms with Crippen LogP contribution in [0.1, 0.15) is 16.7 Å². The number of thioether (sulfide) groups is 1. The van der Waals surface area contributed by atoms with Crippen molar-refractivity contribution in [3.05, 3.63) is 105 Å². The molecule has 3 heterocycles. The molecule has 0 unspecified atom stereocenters. The van der Waals surface area contributed by atoms with E-state index in [1.165, 1.54) is 40.9 Å². The van der Waals surface area contributed by atoms with Crippen LogP contribution in [0.25, 0.3) is 20.3 Å². The summed E-state index contributed by atoms with van der Waals surface area (Å²) < 4.78 is 41.3. The molecule has 0 aliphatic heterocycles. The van der Waals surface area contributed by atoms with E-state index in [4.69, 9.17) is 4.98 Å². The highest BCUT2D eigenvalue weighted by molar-refractivity contribution is 7.98. The minimum absolute atomic E-state index is 0.138. The quantitative estimate of drug-likeness (QED) is 0.151. The van der Waals surface area contributed by atoms with E-state index in [0.717, 1.165) is 15.3 Å². The van der Waals surface area contributed by atoms with Crippen LogP contribution < -0.4 is 10.3 Å². The van der Waals surface area contributed by atoms with E-state index in [-0.39, 0.29) is 16.1 Å². The Morgan fingerprint density at radius 3 is 2.47 bits per heavy atom. The van der Waals surface area contributed by atoms with Gasteiger partial charge in [-0.2, -0.15) is 0 Å². The van der Waals surface area contributed by atoms with Crippen LogP contribution in [0.2, 0.25) is 0 Å². The maximum atomic E-state index is 13.1. The number of rotatable bonds is 8. The Balaban J connectivity index is 1.33. The molecule has 2 aromatic carbocycles. The van der Waals surface area contributed by atoms with Gasteiger partial charge in [0.2, 0.25) is 0 Å². The summed E-state index contributed by atoms with van der Waals surface area (Å²) in [5.74, 6) is 0.0455. The number of aromatic nitrogens is 2. The third-order valence-corrected chi connectivity index (χ3v) is 10.4. The van der Waals surface area contributed by atoms with Crippen LogP contribution >= 0.6 is 34.4 Å². The van der Waals surface area contributed by atoms with Crippen molar-refractivity contribution >= 4 is 50.1 Å². The molecule has 194 valence electrons. The second-order valence-corrected chi connectivity index (χ2v) is 13.1. The molecule has 0 spiro atoms. The average molecular weight is 584 g/mol. The molecule has 0 amide bonds. The largest absolute Gasteiger partial charge is 0.301 e. The van der Waals surface area contributed by atoms with Crippen LogP contribution in [0.4, 0.5) is 10.1 Å². The molecule has 38 heavy (non-hydrogen) atoms. The van der Waals surface area contributed by atoms with E-state index in [1.54, 1.807) is 54.7 Å². The van der Waals surface area contributed by atoms with Gasteiger partial charge in [-0.3, -0.25) is 9.52 Å². The SMILES string of the molecule is Cc1cc(CSc2nc(-c3ccc(-c4cccs4)s3)c(C)c(=O)[nH]2)ccc1S(=O)(=O)Nc1ccc(F)cc1. The molecule has 0 fully saturated rings. The lowest BCUT2D eigenvalue weighted by molar-refractivity contribution is 0.600. The molecule has 2 N–H and O–H groups in total. The summed E-state index contributed by atoms with van der Waals surface area (Å²) in [6.45, 7) is 3.49. The summed E-state index contributed by atoms with van der Waals surface area (Å²) in [6, 6.07) is 18.3. The molecule has 6 nitrogen and oxygen atoms in total. The Morgan fingerprint density at radius 2 is 1.76 bits per heavy atom. The van der Waals surface area contributed by atoms with Crippen molar-refractivity contribution < 1.29 is 12.8 Å². The van der Waals surface area contributed by atoms with Crippen molar-refractivity contribution in [2.24, 2.45) is 0 Å². The highest BCUT2D eigenvalue weighted by Gasteiger charge is 2.18. The number of H-pyrrole nitrogens is 1. The highest BCUT2D eigenvalue weighted by atomic mass is 32.2. The van der Waals surface area contributed by atoms with Gasteiger partial charge in [-0.15, -0.1) is 22.7 Å². The van der Waals surface area contributed by atoms with Crippen LogP contribution in [0.15, 0.2) is 87.0 Å². The second kappa shape index (κ2) is 10.9. The van der Waals surface area contributed by atoms with Gasteiger partial charge in [-0.1, -0.05) is 30.0 Å². The third-order valence-electron chi connectivity index (χ3n) is 5.73. The van der Waals surface area contributed by atoms with Crippen molar-refractivity contribution in [2.75, 3.05) is 4.72 Å². The van der Waals surface area contributed by atoms with Gasteiger partial charge in [0.25, 0.3) is 15.6 Å². The van der Waals surface area contributed by atoms with E-state index in [0.29, 0.717) is 27.7 Å². The zero-order valence-electron chi connectivity index (χ0n) is 20.3. The number of aromatic amines is 1. The number of aryl methyl sites for hydroxylation is 1. The van der Waals surface area contributed by atoms with E-state index in [9.17, 15) is 17.6 Å². The van der Waals surface area contributed by atoms with Crippen molar-refractivity contribution in [1.82, 2.24) is 9.97 Å². The molecular weight excluding hydrogens is 562 g/mol. The molecular formula is C27H22FN3O3S4. The molecule has 11 heteroatoms. The van der Waals surface area contributed by atoms with Crippen molar-refractivity contribution in [2.45, 2.75) is 29.7 Å². The first-order valence-electron chi connectivity index (χ1n) is 11.5. The lowest BCUT2D eigenvalue weighted by Crippen LogP contribution is -2.14. The average Bonchev–Trinajstić information content (AvgIpc) is 3.58. The van der Waals surface area contributed by atoms with E-state index in [2.05, 4.69) is 15.8 Å². The summed E-state index contributed by atoms with van der Waals surface area (Å²) in [4.78, 5) is 23.6. The fourth-order valence-electron chi connectivity index (χ4n) is 3.82. The fourth-order valence-corrected chi connectivity index (χ4v) is 7.80. The number of hydrogen-bond acceptors (Lipinski definition) is 7.